The molecule has 0 saturated carbocycles. The Morgan fingerprint density at radius 1 is 1.11 bits per heavy atom. The summed E-state index contributed by atoms with van der Waals surface area (Å²) in [6, 6.07) is 5.45. The lowest BCUT2D eigenvalue weighted by atomic mass is 10.0. The topological polar surface area (TPSA) is 61.3 Å². The average Bonchev–Trinajstić information content (AvgIpc) is 2.28. The van der Waals surface area contributed by atoms with Gasteiger partial charge < -0.3 is 16.2 Å². The highest BCUT2D eigenvalue weighted by molar-refractivity contribution is 5.29. The molecular formula is C12H17F3N2O. The summed E-state index contributed by atoms with van der Waals surface area (Å²) < 4.78 is 39.6. The summed E-state index contributed by atoms with van der Waals surface area (Å²) in [6.07, 6.45) is -2.11. The molecule has 0 aliphatic rings. The third-order valence-corrected chi connectivity index (χ3v) is 2.51. The molecule has 4 N–H and O–H groups in total. The van der Waals surface area contributed by atoms with E-state index in [9.17, 15) is 13.2 Å². The molecule has 1 aromatic carbocycles. The number of unbranched alkanes of at least 4 members (excludes halogenated alkanes) is 1. The number of ether oxygens (including phenoxy) is 1. The van der Waals surface area contributed by atoms with Gasteiger partial charge >= 0.3 is 6.36 Å². The van der Waals surface area contributed by atoms with Crippen LogP contribution in [0.4, 0.5) is 13.2 Å². The zero-order valence-corrected chi connectivity index (χ0v) is 9.91. The molecule has 1 rings (SSSR count). The minimum absolute atomic E-state index is 0.184. The van der Waals surface area contributed by atoms with Crippen molar-refractivity contribution >= 4 is 0 Å². The van der Waals surface area contributed by atoms with E-state index in [4.69, 9.17) is 11.5 Å². The van der Waals surface area contributed by atoms with E-state index in [1.165, 1.54) is 12.1 Å². The van der Waals surface area contributed by atoms with Gasteiger partial charge in [-0.2, -0.15) is 0 Å². The standard InChI is InChI=1S/C12H17F3N2O/c13-12(14,15)18-10-6-4-9(5-7-10)11(17)3-1-2-8-16/h4-7,11H,1-3,8,16-17H2/t11-/m1/s1. The second kappa shape index (κ2) is 6.61. The predicted octanol–water partition coefficient (Wildman–Crippen LogP) is 2.71. The van der Waals surface area contributed by atoms with Crippen molar-refractivity contribution in [3.05, 3.63) is 29.8 Å². The molecule has 18 heavy (non-hydrogen) atoms. The van der Waals surface area contributed by atoms with E-state index in [0.29, 0.717) is 6.54 Å². The number of hydrogen-bond acceptors (Lipinski definition) is 3. The Kier molecular flexibility index (Phi) is 5.43. The summed E-state index contributed by atoms with van der Waals surface area (Å²) in [7, 11) is 0. The fraction of sp³-hybridized carbons (Fsp3) is 0.500. The van der Waals surface area contributed by atoms with Crippen molar-refractivity contribution < 1.29 is 17.9 Å². The van der Waals surface area contributed by atoms with Gasteiger partial charge in [0.1, 0.15) is 5.75 Å². The molecule has 0 aromatic heterocycles. The van der Waals surface area contributed by atoms with E-state index in [1.807, 2.05) is 0 Å². The molecule has 0 aliphatic heterocycles. The van der Waals surface area contributed by atoms with Gasteiger partial charge in [0.05, 0.1) is 0 Å². The van der Waals surface area contributed by atoms with E-state index in [0.717, 1.165) is 24.8 Å². The summed E-state index contributed by atoms with van der Waals surface area (Å²) in [4.78, 5) is 0. The Balaban J connectivity index is 2.54. The van der Waals surface area contributed by atoms with Crippen molar-refractivity contribution in [1.29, 1.82) is 0 Å². The van der Waals surface area contributed by atoms with E-state index >= 15 is 0 Å². The Morgan fingerprint density at radius 2 is 1.72 bits per heavy atom. The highest BCUT2D eigenvalue weighted by Gasteiger charge is 2.30. The maximum absolute atomic E-state index is 11.9. The molecule has 0 aliphatic carbocycles. The van der Waals surface area contributed by atoms with Crippen molar-refractivity contribution in [3.8, 4) is 5.75 Å². The van der Waals surface area contributed by atoms with E-state index < -0.39 is 6.36 Å². The second-order valence-corrected chi connectivity index (χ2v) is 4.01. The third kappa shape index (κ3) is 5.37. The van der Waals surface area contributed by atoms with Gasteiger partial charge in [0, 0.05) is 6.04 Å². The maximum atomic E-state index is 11.9. The van der Waals surface area contributed by atoms with Crippen molar-refractivity contribution in [2.45, 2.75) is 31.7 Å². The molecule has 0 heterocycles. The van der Waals surface area contributed by atoms with Crippen LogP contribution in [0.1, 0.15) is 30.9 Å². The molecule has 0 spiro atoms. The summed E-state index contributed by atoms with van der Waals surface area (Å²) in [5, 5.41) is 0. The van der Waals surface area contributed by atoms with Crippen LogP contribution in [0.2, 0.25) is 0 Å². The number of rotatable bonds is 6. The van der Waals surface area contributed by atoms with Gasteiger partial charge in [-0.3, -0.25) is 0 Å². The summed E-state index contributed by atoms with van der Waals surface area (Å²) >= 11 is 0. The van der Waals surface area contributed by atoms with Crippen LogP contribution >= 0.6 is 0 Å². The SMILES string of the molecule is NCCCC[C@@H](N)c1ccc(OC(F)(F)F)cc1. The first-order valence-corrected chi connectivity index (χ1v) is 5.74. The maximum Gasteiger partial charge on any atom is 0.573 e. The molecule has 0 fully saturated rings. The van der Waals surface area contributed by atoms with Gasteiger partial charge in [-0.05, 0) is 37.1 Å². The molecule has 3 nitrogen and oxygen atoms in total. The Labute approximate surface area is 104 Å². The van der Waals surface area contributed by atoms with E-state index in [-0.39, 0.29) is 11.8 Å². The highest BCUT2D eigenvalue weighted by Crippen LogP contribution is 2.25. The minimum Gasteiger partial charge on any atom is -0.406 e. The van der Waals surface area contributed by atoms with Gasteiger partial charge in [0.15, 0.2) is 0 Å². The van der Waals surface area contributed by atoms with Gasteiger partial charge in [0.25, 0.3) is 0 Å². The van der Waals surface area contributed by atoms with Gasteiger partial charge in [-0.15, -0.1) is 13.2 Å². The second-order valence-electron chi connectivity index (χ2n) is 4.01. The van der Waals surface area contributed by atoms with Crippen molar-refractivity contribution in [2.24, 2.45) is 11.5 Å². The zero-order valence-electron chi connectivity index (χ0n) is 9.91. The van der Waals surface area contributed by atoms with Crippen LogP contribution in [-0.4, -0.2) is 12.9 Å². The first-order chi connectivity index (χ1) is 8.42. The Bertz CT molecular complexity index is 351. The van der Waals surface area contributed by atoms with Gasteiger partial charge in [0.2, 0.25) is 0 Å². The molecule has 0 bridgehead atoms. The first-order valence-electron chi connectivity index (χ1n) is 5.74. The normalized spacial score (nSPS) is 13.4. The number of benzene rings is 1. The van der Waals surface area contributed by atoms with Crippen molar-refractivity contribution in [1.82, 2.24) is 0 Å². The largest absolute Gasteiger partial charge is 0.573 e. The predicted molar refractivity (Wildman–Crippen MR) is 63.0 cm³/mol. The molecule has 0 saturated heterocycles. The van der Waals surface area contributed by atoms with Crippen LogP contribution in [0, 0.1) is 0 Å². The summed E-state index contributed by atoms with van der Waals surface area (Å²) in [5.41, 5.74) is 12.1. The number of hydrogen-bond donors (Lipinski definition) is 2. The minimum atomic E-state index is -4.66. The fourth-order valence-corrected chi connectivity index (χ4v) is 1.59. The average molecular weight is 262 g/mol. The molecular weight excluding hydrogens is 245 g/mol. The van der Waals surface area contributed by atoms with Crippen LogP contribution in [0.5, 0.6) is 5.75 Å². The van der Waals surface area contributed by atoms with Crippen LogP contribution in [0.15, 0.2) is 24.3 Å². The number of halogens is 3. The lowest BCUT2D eigenvalue weighted by Gasteiger charge is -2.13. The van der Waals surface area contributed by atoms with Crippen molar-refractivity contribution in [3.63, 3.8) is 0 Å². The molecule has 0 radical (unpaired) electrons. The Hall–Kier alpha value is -1.27. The quantitative estimate of drug-likeness (QED) is 0.775. The van der Waals surface area contributed by atoms with E-state index in [1.54, 1.807) is 12.1 Å². The van der Waals surface area contributed by atoms with Crippen molar-refractivity contribution in [2.75, 3.05) is 6.54 Å². The highest BCUT2D eigenvalue weighted by atomic mass is 19.4. The summed E-state index contributed by atoms with van der Waals surface area (Å²) in [6.45, 7) is 0.616. The molecule has 0 unspecified atom stereocenters. The van der Waals surface area contributed by atoms with Gasteiger partial charge in [-0.1, -0.05) is 18.6 Å². The molecule has 1 atom stereocenters. The van der Waals surface area contributed by atoms with Gasteiger partial charge in [-0.25, -0.2) is 0 Å². The molecule has 102 valence electrons. The third-order valence-electron chi connectivity index (χ3n) is 2.51. The smallest absolute Gasteiger partial charge is 0.406 e. The van der Waals surface area contributed by atoms with Crippen LogP contribution < -0.4 is 16.2 Å². The first kappa shape index (κ1) is 14.8. The number of alkyl halides is 3. The zero-order chi connectivity index (χ0) is 13.6. The lowest BCUT2D eigenvalue weighted by Crippen LogP contribution is -2.17. The van der Waals surface area contributed by atoms with E-state index in [2.05, 4.69) is 4.74 Å². The molecule has 6 heteroatoms. The number of nitrogens with two attached hydrogens (primary N) is 2. The van der Waals surface area contributed by atoms with Crippen LogP contribution in [0.25, 0.3) is 0 Å². The monoisotopic (exact) mass is 262 g/mol. The lowest BCUT2D eigenvalue weighted by molar-refractivity contribution is -0.274. The van der Waals surface area contributed by atoms with Crippen LogP contribution in [0.3, 0.4) is 0 Å². The van der Waals surface area contributed by atoms with Crippen LogP contribution in [-0.2, 0) is 0 Å². The molecule has 0 amide bonds. The fourth-order valence-electron chi connectivity index (χ4n) is 1.59. The Morgan fingerprint density at radius 3 is 2.22 bits per heavy atom. The summed E-state index contributed by atoms with van der Waals surface area (Å²) in [5.74, 6) is -0.236. The molecule has 1 aromatic rings.